The molecule has 0 fully saturated rings. The summed E-state index contributed by atoms with van der Waals surface area (Å²) in [5.74, 6) is -0.834. The summed E-state index contributed by atoms with van der Waals surface area (Å²) in [4.78, 5) is 10.9. The number of hydrogen-bond acceptors (Lipinski definition) is 1. The number of nitrogens with zero attached hydrogens (tertiary/aromatic N) is 2. The lowest BCUT2D eigenvalue weighted by molar-refractivity contribution is -0.707. The Morgan fingerprint density at radius 3 is 1.80 bits per heavy atom. The van der Waals surface area contributed by atoms with Gasteiger partial charge in [-0.3, -0.25) is 0 Å². The molecule has 2 aromatic rings. The Morgan fingerprint density at radius 1 is 1.00 bits per heavy atom. The zero-order chi connectivity index (χ0) is 13.1. The molecule has 0 aliphatic carbocycles. The molecule has 2 aromatic heterocycles. The summed E-state index contributed by atoms with van der Waals surface area (Å²) >= 11 is 0. The molecule has 0 radical (unpaired) electrons. The molecule has 0 aliphatic rings. The van der Waals surface area contributed by atoms with E-state index in [1.807, 2.05) is 48.3 Å². The molecule has 0 aliphatic heterocycles. The van der Waals surface area contributed by atoms with Crippen LogP contribution in [0.2, 0.25) is 0 Å². The van der Waals surface area contributed by atoms with Gasteiger partial charge in [0.25, 0.3) is 6.04 Å². The molecule has 108 valence electrons. The van der Waals surface area contributed by atoms with E-state index in [9.17, 15) is 4.79 Å². The molecule has 4 nitrogen and oxygen atoms in total. The largest absolute Gasteiger partial charge is 1.00 e. The van der Waals surface area contributed by atoms with Crippen molar-refractivity contribution in [2.75, 3.05) is 0 Å². The molecule has 0 saturated heterocycles. The molecule has 1 unspecified atom stereocenters. The molecule has 2 heterocycles. The van der Waals surface area contributed by atoms with Crippen LogP contribution >= 0.6 is 0 Å². The Bertz CT molecular complexity index is 556. The average molecular weight is 315 g/mol. The Balaban J connectivity index is 0.00000180. The van der Waals surface area contributed by atoms with Crippen molar-refractivity contribution in [2.24, 2.45) is 7.05 Å². The van der Waals surface area contributed by atoms with E-state index in [4.69, 9.17) is 5.11 Å². The van der Waals surface area contributed by atoms with E-state index in [-0.39, 0.29) is 24.8 Å². The van der Waals surface area contributed by atoms with E-state index in [0.717, 1.165) is 11.1 Å². The molecule has 0 saturated carbocycles. The van der Waals surface area contributed by atoms with Gasteiger partial charge in [0.1, 0.15) is 7.05 Å². The maximum atomic E-state index is 10.9. The fraction of sp³-hybridized carbons (Fsp3) is 0.214. The Kier molecular flexibility index (Phi) is 7.18. The third-order valence-corrected chi connectivity index (χ3v) is 2.97. The molecule has 0 spiro atoms. The number of carboxylic acid groups (broad SMARTS) is 1. The third-order valence-electron chi connectivity index (χ3n) is 2.97. The van der Waals surface area contributed by atoms with Crippen LogP contribution in [0.5, 0.6) is 0 Å². The van der Waals surface area contributed by atoms with Gasteiger partial charge in [-0.1, -0.05) is 0 Å². The van der Waals surface area contributed by atoms with Gasteiger partial charge >= 0.3 is 5.97 Å². The van der Waals surface area contributed by atoms with Crippen molar-refractivity contribution >= 4 is 5.97 Å². The first kappa shape index (κ1) is 18.4. The lowest BCUT2D eigenvalue weighted by atomic mass is 10.1. The van der Waals surface area contributed by atoms with E-state index in [0.29, 0.717) is 0 Å². The van der Waals surface area contributed by atoms with Crippen LogP contribution in [0.3, 0.4) is 0 Å². The molecule has 1 atom stereocenters. The number of aliphatic carboxylic acids is 1. The molecule has 0 aromatic carbocycles. The van der Waals surface area contributed by atoms with Gasteiger partial charge in [-0.05, 0) is 11.1 Å². The number of halogens is 2. The number of carbonyl (C=O) groups is 1. The Morgan fingerprint density at radius 2 is 1.40 bits per heavy atom. The monoisotopic (exact) mass is 314 g/mol. The lowest BCUT2D eigenvalue weighted by Gasteiger charge is -2.03. The summed E-state index contributed by atoms with van der Waals surface area (Å²) in [6.45, 7) is 1.66. The molecule has 20 heavy (non-hydrogen) atoms. The van der Waals surface area contributed by atoms with Crippen LogP contribution in [-0.4, -0.2) is 11.1 Å². The highest BCUT2D eigenvalue weighted by molar-refractivity contribution is 5.69. The second kappa shape index (κ2) is 7.82. The summed E-state index contributed by atoms with van der Waals surface area (Å²) in [5, 5.41) is 8.93. The van der Waals surface area contributed by atoms with Gasteiger partial charge in [0.2, 0.25) is 0 Å². The number of carboxylic acids is 1. The highest BCUT2D eigenvalue weighted by Gasteiger charge is 2.20. The molecular formula is C14H16Cl2N2O2. The minimum absolute atomic E-state index is 0. The van der Waals surface area contributed by atoms with Crippen molar-refractivity contribution in [2.45, 2.75) is 13.0 Å². The van der Waals surface area contributed by atoms with Crippen molar-refractivity contribution in [1.29, 1.82) is 0 Å². The summed E-state index contributed by atoms with van der Waals surface area (Å²) in [7, 11) is 1.97. The molecule has 2 rings (SSSR count). The SMILES string of the molecule is CC(C(=O)O)[n+]1ccc(-c2cc[n+](C)cc2)cc1.[Cl-].[Cl-]. The summed E-state index contributed by atoms with van der Waals surface area (Å²) < 4.78 is 3.65. The fourth-order valence-electron chi connectivity index (χ4n) is 1.71. The van der Waals surface area contributed by atoms with Gasteiger partial charge < -0.3 is 29.9 Å². The van der Waals surface area contributed by atoms with Crippen molar-refractivity contribution in [3.05, 3.63) is 49.1 Å². The van der Waals surface area contributed by atoms with Crippen molar-refractivity contribution in [3.63, 3.8) is 0 Å². The number of pyridine rings is 2. The van der Waals surface area contributed by atoms with Gasteiger partial charge in [-0.2, -0.15) is 4.57 Å². The predicted octanol–water partition coefficient (Wildman–Crippen LogP) is -4.88. The molecule has 0 amide bonds. The normalized spacial score (nSPS) is 10.9. The summed E-state index contributed by atoms with van der Waals surface area (Å²) in [5.41, 5.74) is 2.19. The second-order valence-corrected chi connectivity index (χ2v) is 4.30. The maximum Gasteiger partial charge on any atom is 0.373 e. The van der Waals surface area contributed by atoms with Crippen LogP contribution in [0.1, 0.15) is 13.0 Å². The standard InChI is InChI=1S/C14H15N2O2.2ClH/c1-11(14(17)18)16-9-5-13(6-10-16)12-3-7-15(2)8-4-12;;/h3-11H,1-2H3;2*1H/q+1;;/p-1. The number of aromatic nitrogens is 2. The quantitative estimate of drug-likeness (QED) is 0.578. The average Bonchev–Trinajstić information content (AvgIpc) is 2.39. The highest BCUT2D eigenvalue weighted by atomic mass is 35.5. The fourth-order valence-corrected chi connectivity index (χ4v) is 1.71. The zero-order valence-corrected chi connectivity index (χ0v) is 12.7. The number of rotatable bonds is 3. The molecular weight excluding hydrogens is 299 g/mol. The van der Waals surface area contributed by atoms with Gasteiger partial charge in [0.15, 0.2) is 24.8 Å². The van der Waals surface area contributed by atoms with Crippen LogP contribution in [-0.2, 0) is 11.8 Å². The van der Waals surface area contributed by atoms with Gasteiger partial charge in [0, 0.05) is 31.2 Å². The van der Waals surface area contributed by atoms with Gasteiger partial charge in [0.05, 0.1) is 0 Å². The zero-order valence-electron chi connectivity index (χ0n) is 11.2. The van der Waals surface area contributed by atoms with Crippen LogP contribution < -0.4 is 33.9 Å². The minimum Gasteiger partial charge on any atom is -1.00 e. The van der Waals surface area contributed by atoms with Crippen LogP contribution in [0.15, 0.2) is 49.1 Å². The topological polar surface area (TPSA) is 45.1 Å². The first-order valence-corrected chi connectivity index (χ1v) is 5.77. The van der Waals surface area contributed by atoms with E-state index in [1.54, 1.807) is 23.9 Å². The van der Waals surface area contributed by atoms with E-state index < -0.39 is 12.0 Å². The number of hydrogen-bond donors (Lipinski definition) is 1. The van der Waals surface area contributed by atoms with Crippen LogP contribution in [0.25, 0.3) is 11.1 Å². The van der Waals surface area contributed by atoms with E-state index >= 15 is 0 Å². The first-order chi connectivity index (χ1) is 8.58. The highest BCUT2D eigenvalue weighted by Crippen LogP contribution is 2.15. The van der Waals surface area contributed by atoms with Crippen molar-refractivity contribution in [1.82, 2.24) is 0 Å². The summed E-state index contributed by atoms with van der Waals surface area (Å²) in [6.07, 6.45) is 7.55. The smallest absolute Gasteiger partial charge is 0.373 e. The van der Waals surface area contributed by atoms with Gasteiger partial charge in [-0.15, -0.1) is 0 Å². The van der Waals surface area contributed by atoms with Crippen molar-refractivity contribution < 1.29 is 43.8 Å². The Labute approximate surface area is 130 Å². The first-order valence-electron chi connectivity index (χ1n) is 5.77. The molecule has 6 heteroatoms. The lowest BCUT2D eigenvalue weighted by Crippen LogP contribution is -3.00. The van der Waals surface area contributed by atoms with Crippen molar-refractivity contribution in [3.8, 4) is 11.1 Å². The predicted molar refractivity (Wildman–Crippen MR) is 65.6 cm³/mol. The maximum absolute atomic E-state index is 10.9. The van der Waals surface area contributed by atoms with Crippen LogP contribution in [0, 0.1) is 0 Å². The van der Waals surface area contributed by atoms with Crippen LogP contribution in [0.4, 0.5) is 0 Å². The third kappa shape index (κ3) is 4.18. The van der Waals surface area contributed by atoms with Gasteiger partial charge in [-0.25, -0.2) is 9.36 Å². The van der Waals surface area contributed by atoms with E-state index in [2.05, 4.69) is 0 Å². The molecule has 1 N–H and O–H groups in total. The van der Waals surface area contributed by atoms with E-state index in [1.165, 1.54) is 0 Å². The second-order valence-electron chi connectivity index (χ2n) is 4.30. The molecule has 0 bridgehead atoms. The minimum atomic E-state index is -0.834. The Hall–Kier alpha value is -1.65. The number of aryl methyl sites for hydroxylation is 1. The summed E-state index contributed by atoms with van der Waals surface area (Å²) in [6, 6.07) is 7.36.